The van der Waals surface area contributed by atoms with Crippen LogP contribution >= 0.6 is 0 Å². The number of hydrogen-bond acceptors (Lipinski definition) is 2. The number of fused-ring (bicyclic) bond motifs is 3. The van der Waals surface area contributed by atoms with E-state index in [2.05, 4.69) is 0 Å². The van der Waals surface area contributed by atoms with E-state index < -0.39 is 0 Å². The van der Waals surface area contributed by atoms with Crippen LogP contribution in [0.25, 0.3) is 16.8 Å². The van der Waals surface area contributed by atoms with Gasteiger partial charge in [-0.15, -0.1) is 0 Å². The van der Waals surface area contributed by atoms with Gasteiger partial charge in [-0.25, -0.2) is 0 Å². The zero-order valence-corrected chi connectivity index (χ0v) is 7.82. The van der Waals surface area contributed by atoms with Crippen LogP contribution in [0.4, 0.5) is 5.69 Å². The molecule has 0 atom stereocenters. The van der Waals surface area contributed by atoms with E-state index in [1.165, 1.54) is 0 Å². The van der Waals surface area contributed by atoms with Gasteiger partial charge >= 0.3 is 0 Å². The molecule has 3 aromatic rings. The molecule has 0 amide bonds. The van der Waals surface area contributed by atoms with Crippen LogP contribution in [0.3, 0.4) is 0 Å². The van der Waals surface area contributed by atoms with Crippen LogP contribution in [0.5, 0.6) is 0 Å². The lowest BCUT2D eigenvalue weighted by molar-refractivity contribution is 0.653. The van der Waals surface area contributed by atoms with E-state index >= 15 is 0 Å². The topological polar surface area (TPSA) is 43.6 Å². The van der Waals surface area contributed by atoms with Crippen LogP contribution in [0.2, 0.25) is 0 Å². The summed E-state index contributed by atoms with van der Waals surface area (Å²) in [5, 5.41) is 0. The molecule has 3 nitrogen and oxygen atoms in total. The first kappa shape index (κ1) is 7.50. The first-order valence-electron chi connectivity index (χ1n) is 4.52. The average Bonchev–Trinajstić information content (AvgIpc) is 2.67. The molecule has 0 aliphatic carbocycles. The number of hydrogen-bond donors (Lipinski definition) is 1. The van der Waals surface area contributed by atoms with Crippen molar-refractivity contribution in [1.29, 1.82) is 0 Å². The van der Waals surface area contributed by atoms with E-state index in [1.54, 1.807) is 0 Å². The fourth-order valence-electron chi connectivity index (χ4n) is 1.75. The Morgan fingerprint density at radius 3 is 2.93 bits per heavy atom. The third kappa shape index (κ3) is 0.763. The average molecular weight is 186 g/mol. The molecule has 0 saturated carbocycles. The summed E-state index contributed by atoms with van der Waals surface area (Å²) < 4.78 is 7.67. The molecule has 2 heterocycles. The van der Waals surface area contributed by atoms with Crippen LogP contribution in [-0.4, -0.2) is 4.40 Å². The fraction of sp³-hybridized carbons (Fsp3) is 0.0909. The van der Waals surface area contributed by atoms with Gasteiger partial charge < -0.3 is 10.2 Å². The molecule has 14 heavy (non-hydrogen) atoms. The van der Waals surface area contributed by atoms with Crippen LogP contribution in [0, 0.1) is 6.92 Å². The van der Waals surface area contributed by atoms with Crippen LogP contribution < -0.4 is 5.73 Å². The molecule has 3 heteroatoms. The minimum Gasteiger partial charge on any atom is -0.438 e. The highest BCUT2D eigenvalue weighted by Gasteiger charge is 2.10. The molecule has 0 aliphatic heterocycles. The van der Waals surface area contributed by atoms with Gasteiger partial charge in [0.1, 0.15) is 0 Å². The van der Waals surface area contributed by atoms with Gasteiger partial charge in [0.05, 0.1) is 11.2 Å². The Morgan fingerprint density at radius 2 is 2.07 bits per heavy atom. The minimum absolute atomic E-state index is 0.773. The maximum absolute atomic E-state index is 5.81. The predicted octanol–water partition coefficient (Wildman–Crippen LogP) is 2.58. The summed E-state index contributed by atoms with van der Waals surface area (Å²) in [6.07, 6.45) is 1.90. The molecule has 1 aromatic carbocycles. The van der Waals surface area contributed by atoms with Crippen molar-refractivity contribution < 1.29 is 4.42 Å². The molecule has 0 radical (unpaired) electrons. The number of nitrogens with zero attached hydrogens (tertiary/aromatic N) is 1. The summed E-state index contributed by atoms with van der Waals surface area (Å²) in [6.45, 7) is 1.97. The quantitative estimate of drug-likeness (QED) is 0.586. The Bertz CT molecular complexity index is 619. The van der Waals surface area contributed by atoms with Crippen molar-refractivity contribution in [2.24, 2.45) is 0 Å². The monoisotopic (exact) mass is 186 g/mol. The second-order valence-electron chi connectivity index (χ2n) is 3.45. The molecule has 70 valence electrons. The zero-order valence-electron chi connectivity index (χ0n) is 7.82. The highest BCUT2D eigenvalue weighted by Crippen LogP contribution is 2.27. The van der Waals surface area contributed by atoms with E-state index in [9.17, 15) is 0 Å². The lowest BCUT2D eigenvalue weighted by Crippen LogP contribution is -1.82. The Kier molecular flexibility index (Phi) is 1.24. The van der Waals surface area contributed by atoms with E-state index in [-0.39, 0.29) is 0 Å². The summed E-state index contributed by atoms with van der Waals surface area (Å²) in [5.74, 6) is 0. The standard InChI is InChI=1S/C11H10N2O/c1-7-8(12)6-13-9-4-2-3-5-10(9)14-11(7)13/h2-6H,12H2,1H3. The number of rotatable bonds is 0. The molecule has 0 spiro atoms. The maximum Gasteiger partial charge on any atom is 0.209 e. The number of nitrogen functional groups attached to an aromatic ring is 1. The molecule has 0 bridgehead atoms. The Hall–Kier alpha value is -1.90. The Labute approximate surface area is 80.7 Å². The predicted molar refractivity (Wildman–Crippen MR) is 56.3 cm³/mol. The van der Waals surface area contributed by atoms with Crippen molar-refractivity contribution in [2.45, 2.75) is 6.92 Å². The summed E-state index contributed by atoms with van der Waals surface area (Å²) >= 11 is 0. The molecule has 2 aromatic heterocycles. The van der Waals surface area contributed by atoms with E-state index in [0.29, 0.717) is 0 Å². The molecule has 0 aliphatic rings. The van der Waals surface area contributed by atoms with Gasteiger partial charge in [-0.1, -0.05) is 12.1 Å². The fourth-order valence-corrected chi connectivity index (χ4v) is 1.75. The molecule has 3 rings (SSSR count). The molecule has 2 N–H and O–H groups in total. The summed E-state index contributed by atoms with van der Waals surface area (Å²) in [7, 11) is 0. The van der Waals surface area contributed by atoms with Crippen molar-refractivity contribution in [2.75, 3.05) is 5.73 Å². The third-order valence-electron chi connectivity index (χ3n) is 2.57. The summed E-state index contributed by atoms with van der Waals surface area (Å²) in [6, 6.07) is 7.93. The molecule has 0 fully saturated rings. The Morgan fingerprint density at radius 1 is 1.29 bits per heavy atom. The van der Waals surface area contributed by atoms with Crippen molar-refractivity contribution in [3.63, 3.8) is 0 Å². The van der Waals surface area contributed by atoms with Crippen molar-refractivity contribution in [1.82, 2.24) is 4.40 Å². The van der Waals surface area contributed by atoms with E-state index in [1.807, 2.05) is 41.8 Å². The van der Waals surface area contributed by atoms with E-state index in [4.69, 9.17) is 10.2 Å². The summed E-state index contributed by atoms with van der Waals surface area (Å²) in [4.78, 5) is 0. The van der Waals surface area contributed by atoms with Gasteiger partial charge in [0, 0.05) is 11.8 Å². The number of para-hydroxylation sites is 2. The van der Waals surface area contributed by atoms with Gasteiger partial charge in [-0.2, -0.15) is 0 Å². The van der Waals surface area contributed by atoms with Gasteiger partial charge in [-0.05, 0) is 19.1 Å². The molecular weight excluding hydrogens is 176 g/mol. The lowest BCUT2D eigenvalue weighted by atomic mass is 10.3. The SMILES string of the molecule is Cc1c(N)cn2c1oc1ccccc12. The normalized spacial score (nSPS) is 11.5. The highest BCUT2D eigenvalue weighted by molar-refractivity contribution is 5.80. The lowest BCUT2D eigenvalue weighted by Gasteiger charge is -1.87. The zero-order chi connectivity index (χ0) is 9.71. The number of nitrogens with two attached hydrogens (primary N) is 1. The largest absolute Gasteiger partial charge is 0.438 e. The number of aromatic nitrogens is 1. The number of oxazole rings is 1. The minimum atomic E-state index is 0.773. The second-order valence-corrected chi connectivity index (χ2v) is 3.45. The Balaban J connectivity index is 2.60. The number of benzene rings is 1. The first-order chi connectivity index (χ1) is 6.77. The molecular formula is C11H10N2O. The molecule has 0 saturated heterocycles. The van der Waals surface area contributed by atoms with Gasteiger partial charge in [0.15, 0.2) is 5.58 Å². The smallest absolute Gasteiger partial charge is 0.209 e. The second kappa shape index (κ2) is 2.32. The van der Waals surface area contributed by atoms with E-state index in [0.717, 1.165) is 28.1 Å². The van der Waals surface area contributed by atoms with Gasteiger partial charge in [-0.3, -0.25) is 4.40 Å². The number of aryl methyl sites for hydroxylation is 1. The summed E-state index contributed by atoms with van der Waals surface area (Å²) in [5.41, 5.74) is 10.4. The van der Waals surface area contributed by atoms with Crippen LogP contribution in [-0.2, 0) is 0 Å². The number of anilines is 1. The third-order valence-corrected chi connectivity index (χ3v) is 2.57. The maximum atomic E-state index is 5.81. The van der Waals surface area contributed by atoms with Crippen molar-refractivity contribution in [3.8, 4) is 0 Å². The highest BCUT2D eigenvalue weighted by atomic mass is 16.3. The van der Waals surface area contributed by atoms with Gasteiger partial charge in [0.2, 0.25) is 5.71 Å². The van der Waals surface area contributed by atoms with Crippen molar-refractivity contribution >= 4 is 22.5 Å². The van der Waals surface area contributed by atoms with Crippen LogP contribution in [0.15, 0.2) is 34.9 Å². The van der Waals surface area contributed by atoms with Crippen LogP contribution in [0.1, 0.15) is 5.56 Å². The van der Waals surface area contributed by atoms with Gasteiger partial charge in [0.25, 0.3) is 0 Å². The van der Waals surface area contributed by atoms with Crippen molar-refractivity contribution in [3.05, 3.63) is 36.0 Å². The first-order valence-corrected chi connectivity index (χ1v) is 4.52. The molecule has 0 unspecified atom stereocenters.